The van der Waals surface area contributed by atoms with Crippen molar-refractivity contribution >= 4 is 0 Å². The molecule has 0 saturated heterocycles. The summed E-state index contributed by atoms with van der Waals surface area (Å²) < 4.78 is 0. The van der Waals surface area contributed by atoms with Crippen molar-refractivity contribution in [1.82, 2.24) is 0 Å². The van der Waals surface area contributed by atoms with E-state index in [2.05, 4.69) is 0 Å². The first-order chi connectivity index (χ1) is 1.00. The molecule has 0 fully saturated rings. The molecule has 0 atom stereocenters. The number of rotatable bonds is 0. The third kappa shape index (κ3) is 29.4. The summed E-state index contributed by atoms with van der Waals surface area (Å²) in [5.74, 6) is 0. The zero-order valence-corrected chi connectivity index (χ0v) is 2.85. The summed E-state index contributed by atoms with van der Waals surface area (Å²) in [4.78, 5) is 0. The van der Waals surface area contributed by atoms with Crippen LogP contribution in [0.2, 0.25) is 0 Å². The first-order valence-electron chi connectivity index (χ1n) is 0.200. The molecule has 0 rings (SSSR count). The molecule has 0 aromatic heterocycles. The summed E-state index contributed by atoms with van der Waals surface area (Å²) in [6.07, 6.45) is 0. The van der Waals surface area contributed by atoms with Gasteiger partial charge in [-0.15, -0.1) is 0 Å². The monoisotopic (exact) mass is 108 g/mol. The zero-order valence-electron chi connectivity index (χ0n) is 1.75. The maximum Gasteiger partial charge on any atom is 0 e. The minimum Gasteiger partial charge on any atom is -0.412 e. The minimum atomic E-state index is 0. The van der Waals surface area contributed by atoms with Gasteiger partial charge in [0.1, 0.15) is 0 Å². The van der Waals surface area contributed by atoms with Crippen molar-refractivity contribution in [1.29, 1.82) is 0 Å². The van der Waals surface area contributed by atoms with Crippen molar-refractivity contribution in [2.24, 2.45) is 0 Å². The van der Waals surface area contributed by atoms with Crippen molar-refractivity contribution in [3.63, 3.8) is 0 Å². The number of hydrogen-bond donors (Lipinski definition) is 2. The van der Waals surface area contributed by atoms with E-state index < -0.39 is 0 Å². The molecule has 4 N–H and O–H groups in total. The van der Waals surface area contributed by atoms with Gasteiger partial charge in [0.2, 0.25) is 0 Å². The van der Waals surface area contributed by atoms with Crippen LogP contribution in [0.4, 0.5) is 0 Å². The van der Waals surface area contributed by atoms with Crippen LogP contribution in [0, 0.1) is 0 Å². The van der Waals surface area contributed by atoms with E-state index in [9.17, 15) is 0 Å². The molecule has 0 aromatic rings. The van der Waals surface area contributed by atoms with Gasteiger partial charge in [0.15, 0.2) is 0 Å². The SMILES string of the molecule is O.OO.[Fe]. The van der Waals surface area contributed by atoms with Gasteiger partial charge in [0.05, 0.1) is 0 Å². The van der Waals surface area contributed by atoms with Gasteiger partial charge in [0, 0.05) is 17.1 Å². The van der Waals surface area contributed by atoms with Gasteiger partial charge in [-0.2, -0.15) is 0 Å². The summed E-state index contributed by atoms with van der Waals surface area (Å²) in [7, 11) is 0. The van der Waals surface area contributed by atoms with Crippen LogP contribution in [-0.4, -0.2) is 16.0 Å². The predicted molar refractivity (Wildman–Crippen MR) is 8.87 cm³/mol. The fraction of sp³-hybridized carbons (Fsp3) is 0. The summed E-state index contributed by atoms with van der Waals surface area (Å²) in [5, 5.41) is 12.0. The van der Waals surface area contributed by atoms with Crippen molar-refractivity contribution in [3.8, 4) is 0 Å². The summed E-state index contributed by atoms with van der Waals surface area (Å²) >= 11 is 0. The molecule has 0 radical (unpaired) electrons. The van der Waals surface area contributed by atoms with Crippen LogP contribution in [0.5, 0.6) is 0 Å². The van der Waals surface area contributed by atoms with Crippen molar-refractivity contribution in [3.05, 3.63) is 0 Å². The van der Waals surface area contributed by atoms with E-state index in [1.54, 1.807) is 0 Å². The van der Waals surface area contributed by atoms with Crippen LogP contribution in [-0.2, 0) is 17.1 Å². The van der Waals surface area contributed by atoms with Crippen LogP contribution >= 0.6 is 0 Å². The van der Waals surface area contributed by atoms with Gasteiger partial charge in [-0.3, -0.25) is 10.5 Å². The van der Waals surface area contributed by atoms with Gasteiger partial charge in [0.25, 0.3) is 0 Å². The van der Waals surface area contributed by atoms with E-state index in [4.69, 9.17) is 10.5 Å². The Hall–Kier alpha value is 0.399. The van der Waals surface area contributed by atoms with Crippen LogP contribution < -0.4 is 0 Å². The molecule has 0 aliphatic heterocycles. The Kier molecular flexibility index (Phi) is 796. The standard InChI is InChI=1S/Fe.H2O2.H2O/c;1-2;/h;1-2H;1H2. The largest absolute Gasteiger partial charge is 0.412 e. The molecule has 0 spiro atoms. The molecule has 0 aromatic carbocycles. The maximum atomic E-state index is 6.00. The molecular formula is H4FeO3. The predicted octanol–water partition coefficient (Wildman–Crippen LogP) is -0.810. The average molecular weight is 108 g/mol. The zero-order chi connectivity index (χ0) is 2.00. The second kappa shape index (κ2) is 123. The smallest absolute Gasteiger partial charge is 0 e. The Bertz CT molecular complexity index is 3.25. The van der Waals surface area contributed by atoms with Gasteiger partial charge in [-0.1, -0.05) is 0 Å². The molecular weight excluding hydrogens is 104 g/mol. The Morgan fingerprint density at radius 3 is 1.00 bits per heavy atom. The van der Waals surface area contributed by atoms with E-state index in [1.165, 1.54) is 0 Å². The molecule has 4 heavy (non-hydrogen) atoms. The van der Waals surface area contributed by atoms with Crippen LogP contribution in [0.3, 0.4) is 0 Å². The molecule has 0 bridgehead atoms. The van der Waals surface area contributed by atoms with E-state index in [-0.39, 0.29) is 22.5 Å². The third-order valence-corrected chi connectivity index (χ3v) is 0. The fourth-order valence-electron chi connectivity index (χ4n) is 0. The molecule has 0 aliphatic rings. The van der Waals surface area contributed by atoms with Crippen molar-refractivity contribution < 1.29 is 33.1 Å². The van der Waals surface area contributed by atoms with Crippen LogP contribution in [0.25, 0.3) is 0 Å². The van der Waals surface area contributed by atoms with Gasteiger partial charge in [-0.05, 0) is 0 Å². The van der Waals surface area contributed by atoms with Gasteiger partial charge < -0.3 is 5.48 Å². The fourth-order valence-corrected chi connectivity index (χ4v) is 0. The second-order valence-corrected chi connectivity index (χ2v) is 0. The van der Waals surface area contributed by atoms with Crippen LogP contribution in [0.1, 0.15) is 0 Å². The van der Waals surface area contributed by atoms with Crippen molar-refractivity contribution in [2.75, 3.05) is 0 Å². The topological polar surface area (TPSA) is 72.0 Å². The van der Waals surface area contributed by atoms with E-state index in [1.807, 2.05) is 0 Å². The maximum absolute atomic E-state index is 6.00. The first-order valence-corrected chi connectivity index (χ1v) is 0.200. The summed E-state index contributed by atoms with van der Waals surface area (Å²) in [5.41, 5.74) is 0. The van der Waals surface area contributed by atoms with Gasteiger partial charge >= 0.3 is 0 Å². The normalized spacial score (nSPS) is 1.50. The summed E-state index contributed by atoms with van der Waals surface area (Å²) in [6.45, 7) is 0. The Morgan fingerprint density at radius 1 is 1.00 bits per heavy atom. The Morgan fingerprint density at radius 2 is 1.00 bits per heavy atom. The third-order valence-electron chi connectivity index (χ3n) is 0. The average Bonchev–Trinajstić information content (AvgIpc) is 1.00. The molecule has 30 valence electrons. The first kappa shape index (κ1) is 26.0. The molecule has 3 nitrogen and oxygen atoms in total. The molecule has 0 saturated carbocycles. The molecule has 0 heterocycles. The Balaban J connectivity index is -0.00000000500. The minimum absolute atomic E-state index is 0. The molecule has 0 amide bonds. The van der Waals surface area contributed by atoms with E-state index >= 15 is 0 Å². The van der Waals surface area contributed by atoms with E-state index in [0.29, 0.717) is 0 Å². The summed E-state index contributed by atoms with van der Waals surface area (Å²) in [6, 6.07) is 0. The van der Waals surface area contributed by atoms with Gasteiger partial charge in [-0.25, -0.2) is 0 Å². The second-order valence-electron chi connectivity index (χ2n) is 0. The van der Waals surface area contributed by atoms with Crippen LogP contribution in [0.15, 0.2) is 0 Å². The van der Waals surface area contributed by atoms with Crippen molar-refractivity contribution in [2.45, 2.75) is 0 Å². The molecule has 0 unspecified atom stereocenters. The molecule has 0 aliphatic carbocycles. The Labute approximate surface area is 34.0 Å². The quantitative estimate of drug-likeness (QED) is 0.242. The number of hydrogen-bond acceptors (Lipinski definition) is 2. The molecule has 4 heteroatoms. The van der Waals surface area contributed by atoms with E-state index in [0.717, 1.165) is 0 Å².